The van der Waals surface area contributed by atoms with Crippen molar-refractivity contribution in [2.75, 3.05) is 6.61 Å². The minimum atomic E-state index is -0.731. The fraction of sp³-hybridized carbons (Fsp3) is 0.320. The molecule has 182 valence electrons. The highest BCUT2D eigenvalue weighted by Gasteiger charge is 2.40. The summed E-state index contributed by atoms with van der Waals surface area (Å²) in [5, 5.41) is 13.1. The van der Waals surface area contributed by atoms with Crippen molar-refractivity contribution in [3.05, 3.63) is 69.3 Å². The summed E-state index contributed by atoms with van der Waals surface area (Å²) in [6.45, 7) is 2.34. The van der Waals surface area contributed by atoms with Crippen molar-refractivity contribution in [3.63, 3.8) is 0 Å². The maximum absolute atomic E-state index is 13.0. The van der Waals surface area contributed by atoms with E-state index in [1.807, 2.05) is 6.92 Å². The molecular weight excluding hydrogens is 454 g/mol. The van der Waals surface area contributed by atoms with E-state index in [2.05, 4.69) is 5.32 Å². The van der Waals surface area contributed by atoms with Gasteiger partial charge in [0.2, 0.25) is 0 Å². The fourth-order valence-corrected chi connectivity index (χ4v) is 4.21. The Morgan fingerprint density at radius 2 is 1.77 bits per heavy atom. The molecule has 1 heterocycles. The second-order valence-corrected chi connectivity index (χ2v) is 8.28. The van der Waals surface area contributed by atoms with Crippen molar-refractivity contribution in [1.29, 1.82) is 0 Å². The van der Waals surface area contributed by atoms with Gasteiger partial charge in [-0.3, -0.25) is 29.9 Å². The topological polar surface area (TPSA) is 128 Å². The van der Waals surface area contributed by atoms with Crippen molar-refractivity contribution in [2.24, 2.45) is 0 Å². The molecular formula is C25H25N3O7. The third-order valence-corrected chi connectivity index (χ3v) is 5.94. The van der Waals surface area contributed by atoms with E-state index in [0.29, 0.717) is 23.7 Å². The largest absolute Gasteiger partial charge is 0.490 e. The molecule has 4 rings (SSSR count). The zero-order valence-electron chi connectivity index (χ0n) is 19.2. The molecule has 1 N–H and O–H groups in total. The van der Waals surface area contributed by atoms with Gasteiger partial charge < -0.3 is 9.47 Å². The van der Waals surface area contributed by atoms with Crippen LogP contribution in [0.15, 0.2) is 48.0 Å². The van der Waals surface area contributed by atoms with Crippen LogP contribution in [0.3, 0.4) is 0 Å². The molecule has 2 aliphatic rings. The Hall–Kier alpha value is -4.21. The maximum Gasteiger partial charge on any atom is 0.331 e. The summed E-state index contributed by atoms with van der Waals surface area (Å²) in [5.41, 5.74) is 1.16. The molecule has 0 bridgehead atoms. The van der Waals surface area contributed by atoms with Crippen molar-refractivity contribution in [2.45, 2.75) is 45.3 Å². The number of nitrogens with zero attached hydrogens (tertiary/aromatic N) is 2. The Bertz CT molecular complexity index is 1180. The van der Waals surface area contributed by atoms with E-state index in [1.54, 1.807) is 30.3 Å². The number of amides is 4. The van der Waals surface area contributed by atoms with E-state index >= 15 is 0 Å². The molecule has 1 aliphatic heterocycles. The first-order valence-corrected chi connectivity index (χ1v) is 11.4. The molecule has 10 heteroatoms. The summed E-state index contributed by atoms with van der Waals surface area (Å²) in [4.78, 5) is 49.3. The van der Waals surface area contributed by atoms with Crippen LogP contribution >= 0.6 is 0 Å². The van der Waals surface area contributed by atoms with E-state index in [9.17, 15) is 24.5 Å². The number of carbonyl (C=O) groups is 3. The van der Waals surface area contributed by atoms with Crippen molar-refractivity contribution in [3.8, 4) is 11.5 Å². The third kappa shape index (κ3) is 5.32. The number of non-ortho nitro benzene ring substituents is 1. The normalized spacial score (nSPS) is 17.6. The summed E-state index contributed by atoms with van der Waals surface area (Å²) < 4.78 is 11.5. The lowest BCUT2D eigenvalue weighted by Crippen LogP contribution is -2.57. The number of benzene rings is 2. The highest BCUT2D eigenvalue weighted by Crippen LogP contribution is 2.31. The Balaban J connectivity index is 1.54. The van der Waals surface area contributed by atoms with Gasteiger partial charge in [0.25, 0.3) is 17.5 Å². The highest BCUT2D eigenvalue weighted by molar-refractivity contribution is 6.31. The molecule has 1 saturated heterocycles. The van der Waals surface area contributed by atoms with Crippen LogP contribution in [0.4, 0.5) is 10.5 Å². The van der Waals surface area contributed by atoms with Crippen LogP contribution in [0.5, 0.6) is 11.5 Å². The molecule has 2 aromatic carbocycles. The number of ether oxygens (including phenoxy) is 2. The maximum atomic E-state index is 13.0. The van der Waals surface area contributed by atoms with Crippen LogP contribution in [-0.2, 0) is 16.2 Å². The van der Waals surface area contributed by atoms with Gasteiger partial charge in [-0.25, -0.2) is 4.79 Å². The number of nitrogens with one attached hydrogen (secondary N) is 1. The van der Waals surface area contributed by atoms with E-state index in [-0.39, 0.29) is 23.9 Å². The second-order valence-electron chi connectivity index (χ2n) is 8.28. The smallest absolute Gasteiger partial charge is 0.331 e. The third-order valence-electron chi connectivity index (χ3n) is 5.94. The first kappa shape index (κ1) is 23.9. The lowest BCUT2D eigenvalue weighted by atomic mass is 10.0. The van der Waals surface area contributed by atoms with Gasteiger partial charge in [-0.05, 0) is 61.2 Å². The van der Waals surface area contributed by atoms with Crippen LogP contribution in [0, 0.1) is 10.1 Å². The lowest BCUT2D eigenvalue weighted by molar-refractivity contribution is -0.384. The molecule has 10 nitrogen and oxygen atoms in total. The minimum Gasteiger partial charge on any atom is -0.490 e. The minimum absolute atomic E-state index is 0.00404. The quantitative estimate of drug-likeness (QED) is 0.262. The Labute approximate surface area is 201 Å². The lowest BCUT2D eigenvalue weighted by Gasteiger charge is -2.31. The first-order valence-electron chi connectivity index (χ1n) is 11.4. The molecule has 0 atom stereocenters. The van der Waals surface area contributed by atoms with Crippen molar-refractivity contribution < 1.29 is 28.8 Å². The van der Waals surface area contributed by atoms with Gasteiger partial charge in [0.05, 0.1) is 11.5 Å². The molecule has 0 spiro atoms. The highest BCUT2D eigenvalue weighted by atomic mass is 16.6. The number of rotatable bonds is 8. The molecule has 2 aromatic rings. The molecule has 1 aliphatic carbocycles. The van der Waals surface area contributed by atoms with Gasteiger partial charge in [0, 0.05) is 18.2 Å². The fourth-order valence-electron chi connectivity index (χ4n) is 4.21. The van der Waals surface area contributed by atoms with Crippen LogP contribution in [0.2, 0.25) is 0 Å². The van der Waals surface area contributed by atoms with E-state index in [0.717, 1.165) is 36.1 Å². The van der Waals surface area contributed by atoms with E-state index in [1.165, 1.54) is 18.2 Å². The Morgan fingerprint density at radius 1 is 1.06 bits per heavy atom. The number of hydrogen-bond donors (Lipinski definition) is 1. The summed E-state index contributed by atoms with van der Waals surface area (Å²) in [7, 11) is 0. The molecule has 0 unspecified atom stereocenters. The SMILES string of the molecule is CCOc1cc(/C=C2\C(=O)NC(=O)N(C3CCCC3)C2=O)ccc1OCc1ccc([N+](=O)[O-])cc1. The average Bonchev–Trinajstić information content (AvgIpc) is 3.36. The molecule has 0 aromatic heterocycles. The van der Waals surface area contributed by atoms with Crippen LogP contribution in [-0.4, -0.2) is 40.3 Å². The Morgan fingerprint density at radius 3 is 2.43 bits per heavy atom. The molecule has 1 saturated carbocycles. The van der Waals surface area contributed by atoms with Gasteiger partial charge >= 0.3 is 6.03 Å². The summed E-state index contributed by atoms with van der Waals surface area (Å²) in [6.07, 6.45) is 4.78. The predicted octanol–water partition coefficient (Wildman–Crippen LogP) is 3.98. The zero-order valence-corrected chi connectivity index (χ0v) is 19.2. The number of urea groups is 1. The molecule has 0 radical (unpaired) electrons. The number of nitro groups is 1. The molecule has 35 heavy (non-hydrogen) atoms. The van der Waals surface area contributed by atoms with Gasteiger partial charge in [-0.1, -0.05) is 18.9 Å². The van der Waals surface area contributed by atoms with Gasteiger partial charge in [-0.2, -0.15) is 0 Å². The summed E-state index contributed by atoms with van der Waals surface area (Å²) in [5.74, 6) is -0.474. The van der Waals surface area contributed by atoms with Crippen LogP contribution < -0.4 is 14.8 Å². The van der Waals surface area contributed by atoms with Crippen LogP contribution in [0.25, 0.3) is 6.08 Å². The number of nitro benzene ring substituents is 1. The second kappa shape index (κ2) is 10.4. The van der Waals surface area contributed by atoms with Crippen molar-refractivity contribution >= 4 is 29.6 Å². The molecule has 4 amide bonds. The number of barbiturate groups is 1. The zero-order chi connectivity index (χ0) is 24.9. The van der Waals surface area contributed by atoms with Gasteiger partial charge in [0.15, 0.2) is 11.5 Å². The number of hydrogen-bond acceptors (Lipinski definition) is 7. The molecule has 2 fully saturated rings. The Kier molecular flexibility index (Phi) is 7.09. The monoisotopic (exact) mass is 479 g/mol. The predicted molar refractivity (Wildman–Crippen MR) is 126 cm³/mol. The number of imide groups is 2. The van der Waals surface area contributed by atoms with E-state index < -0.39 is 22.8 Å². The standard InChI is InChI=1S/C25H25N3O7/c1-2-34-22-14-17(9-12-21(22)35-15-16-7-10-19(11-8-16)28(32)33)13-20-23(29)26-25(31)27(24(20)30)18-5-3-4-6-18/h7-14,18H,2-6,15H2,1H3,(H,26,29,31)/b20-13+. The van der Waals surface area contributed by atoms with Gasteiger partial charge in [0.1, 0.15) is 12.2 Å². The first-order chi connectivity index (χ1) is 16.9. The summed E-state index contributed by atoms with van der Waals surface area (Å²) >= 11 is 0. The van der Waals surface area contributed by atoms with Crippen molar-refractivity contribution in [1.82, 2.24) is 10.2 Å². The van der Waals surface area contributed by atoms with Gasteiger partial charge in [-0.15, -0.1) is 0 Å². The number of carbonyl (C=O) groups excluding carboxylic acids is 3. The van der Waals surface area contributed by atoms with Crippen LogP contribution in [0.1, 0.15) is 43.7 Å². The average molecular weight is 479 g/mol. The van der Waals surface area contributed by atoms with E-state index in [4.69, 9.17) is 9.47 Å². The summed E-state index contributed by atoms with van der Waals surface area (Å²) in [6, 6.07) is 10.2.